The lowest BCUT2D eigenvalue weighted by Gasteiger charge is -2.00. The van der Waals surface area contributed by atoms with E-state index < -0.39 is 0 Å². The molecule has 0 aromatic carbocycles. The Morgan fingerprint density at radius 1 is 1.50 bits per heavy atom. The molecule has 6 nitrogen and oxygen atoms in total. The number of halogens is 1. The molecule has 0 aliphatic heterocycles. The van der Waals surface area contributed by atoms with E-state index >= 15 is 0 Å². The molecule has 2 heterocycles. The highest BCUT2D eigenvalue weighted by molar-refractivity contribution is 14.1. The first-order chi connectivity index (χ1) is 7.65. The number of pyridine rings is 1. The predicted octanol–water partition coefficient (Wildman–Crippen LogP) is 1.07. The molecule has 0 saturated heterocycles. The molecule has 2 rings (SSSR count). The van der Waals surface area contributed by atoms with E-state index in [4.69, 9.17) is 0 Å². The highest BCUT2D eigenvalue weighted by atomic mass is 127. The molecule has 0 aliphatic rings. The predicted molar refractivity (Wildman–Crippen MR) is 65.9 cm³/mol. The number of hydrogen-bond donors (Lipinski definition) is 1. The van der Waals surface area contributed by atoms with Crippen LogP contribution in [0.2, 0.25) is 0 Å². The summed E-state index contributed by atoms with van der Waals surface area (Å²) >= 11 is 2.14. The smallest absolute Gasteiger partial charge is 0.278 e. The van der Waals surface area contributed by atoms with Crippen LogP contribution in [0.5, 0.6) is 0 Å². The van der Waals surface area contributed by atoms with Crippen molar-refractivity contribution in [2.45, 2.75) is 0 Å². The zero-order valence-corrected chi connectivity index (χ0v) is 10.5. The van der Waals surface area contributed by atoms with Gasteiger partial charge in [0.1, 0.15) is 5.82 Å². The lowest BCUT2D eigenvalue weighted by Crippen LogP contribution is -2.13. The summed E-state index contributed by atoms with van der Waals surface area (Å²) < 4.78 is 2.48. The summed E-state index contributed by atoms with van der Waals surface area (Å²) in [7, 11) is 1.70. The SMILES string of the molecule is Cn1cc(C(=O)Nc2ccc(I)cn2)nn1. The molecule has 0 aliphatic carbocycles. The van der Waals surface area contributed by atoms with Crippen molar-refractivity contribution in [3.05, 3.63) is 33.8 Å². The van der Waals surface area contributed by atoms with Gasteiger partial charge >= 0.3 is 0 Å². The van der Waals surface area contributed by atoms with E-state index in [2.05, 4.69) is 43.2 Å². The number of nitrogens with one attached hydrogen (secondary N) is 1. The quantitative estimate of drug-likeness (QED) is 0.837. The molecule has 16 heavy (non-hydrogen) atoms. The van der Waals surface area contributed by atoms with Crippen LogP contribution < -0.4 is 5.32 Å². The minimum Gasteiger partial charge on any atom is -0.305 e. The maximum absolute atomic E-state index is 11.6. The average Bonchev–Trinajstić information content (AvgIpc) is 2.68. The summed E-state index contributed by atoms with van der Waals surface area (Å²) in [6, 6.07) is 3.59. The highest BCUT2D eigenvalue weighted by Crippen LogP contribution is 2.07. The lowest BCUT2D eigenvalue weighted by molar-refractivity contribution is 0.102. The van der Waals surface area contributed by atoms with Crippen LogP contribution in [-0.2, 0) is 7.05 Å². The number of carbonyl (C=O) groups excluding carboxylic acids is 1. The molecule has 0 atom stereocenters. The Kier molecular flexibility index (Phi) is 3.13. The van der Waals surface area contributed by atoms with Crippen LogP contribution in [0.1, 0.15) is 10.5 Å². The number of hydrogen-bond acceptors (Lipinski definition) is 4. The van der Waals surface area contributed by atoms with E-state index in [9.17, 15) is 4.79 Å². The maximum Gasteiger partial charge on any atom is 0.278 e. The van der Waals surface area contributed by atoms with Crippen LogP contribution in [0.3, 0.4) is 0 Å². The number of amides is 1. The number of carbonyl (C=O) groups is 1. The molecule has 2 aromatic heterocycles. The van der Waals surface area contributed by atoms with Gasteiger partial charge in [-0.15, -0.1) is 5.10 Å². The van der Waals surface area contributed by atoms with Crippen molar-refractivity contribution < 1.29 is 4.79 Å². The van der Waals surface area contributed by atoms with Crippen LogP contribution in [0.15, 0.2) is 24.5 Å². The maximum atomic E-state index is 11.6. The average molecular weight is 329 g/mol. The minimum absolute atomic E-state index is 0.267. The Bertz CT molecular complexity index is 507. The van der Waals surface area contributed by atoms with E-state index in [0.29, 0.717) is 5.82 Å². The zero-order valence-electron chi connectivity index (χ0n) is 8.38. The normalized spacial score (nSPS) is 10.1. The van der Waals surface area contributed by atoms with Gasteiger partial charge in [0.25, 0.3) is 5.91 Å². The van der Waals surface area contributed by atoms with Gasteiger partial charge in [-0.2, -0.15) is 0 Å². The molecule has 0 spiro atoms. The zero-order chi connectivity index (χ0) is 11.5. The van der Waals surface area contributed by atoms with Crippen molar-refractivity contribution in [3.8, 4) is 0 Å². The Morgan fingerprint density at radius 2 is 2.31 bits per heavy atom. The first-order valence-electron chi connectivity index (χ1n) is 4.44. The van der Waals surface area contributed by atoms with Gasteiger partial charge in [0.2, 0.25) is 0 Å². The topological polar surface area (TPSA) is 72.7 Å². The van der Waals surface area contributed by atoms with Gasteiger partial charge in [0.05, 0.1) is 6.20 Å². The fourth-order valence-electron chi connectivity index (χ4n) is 1.08. The second-order valence-corrected chi connectivity index (χ2v) is 4.34. The molecule has 1 amide bonds. The summed E-state index contributed by atoms with van der Waals surface area (Å²) in [5.74, 6) is 0.179. The highest BCUT2D eigenvalue weighted by Gasteiger charge is 2.10. The largest absolute Gasteiger partial charge is 0.305 e. The summed E-state index contributed by atoms with van der Waals surface area (Å²) in [6.07, 6.45) is 3.22. The van der Waals surface area contributed by atoms with Gasteiger partial charge in [-0.1, -0.05) is 5.21 Å². The molecule has 2 aromatic rings. The Labute approximate surface area is 105 Å². The fourth-order valence-corrected chi connectivity index (χ4v) is 1.40. The van der Waals surface area contributed by atoms with Crippen molar-refractivity contribution in [1.29, 1.82) is 0 Å². The van der Waals surface area contributed by atoms with Crippen LogP contribution in [0.25, 0.3) is 0 Å². The second-order valence-electron chi connectivity index (χ2n) is 3.09. The molecule has 7 heteroatoms. The molecule has 0 bridgehead atoms. The monoisotopic (exact) mass is 329 g/mol. The Hall–Kier alpha value is -1.51. The van der Waals surface area contributed by atoms with Crippen LogP contribution >= 0.6 is 22.6 Å². The van der Waals surface area contributed by atoms with Gasteiger partial charge < -0.3 is 5.32 Å². The fraction of sp³-hybridized carbons (Fsp3) is 0.111. The van der Waals surface area contributed by atoms with Gasteiger partial charge in [0.15, 0.2) is 5.69 Å². The van der Waals surface area contributed by atoms with Gasteiger partial charge in [-0.25, -0.2) is 4.98 Å². The molecule has 82 valence electrons. The van der Waals surface area contributed by atoms with E-state index in [1.54, 1.807) is 25.5 Å². The van der Waals surface area contributed by atoms with Crippen molar-refractivity contribution in [1.82, 2.24) is 20.0 Å². The van der Waals surface area contributed by atoms with Crippen LogP contribution in [0, 0.1) is 3.57 Å². The van der Waals surface area contributed by atoms with Crippen LogP contribution in [0.4, 0.5) is 5.82 Å². The number of anilines is 1. The molecule has 0 fully saturated rings. The van der Waals surface area contributed by atoms with Crippen LogP contribution in [-0.4, -0.2) is 25.9 Å². The molecule has 0 unspecified atom stereocenters. The van der Waals surface area contributed by atoms with E-state index in [0.717, 1.165) is 3.57 Å². The second kappa shape index (κ2) is 4.56. The van der Waals surface area contributed by atoms with E-state index in [1.807, 2.05) is 6.07 Å². The summed E-state index contributed by atoms with van der Waals surface area (Å²) in [4.78, 5) is 15.7. The molecule has 0 saturated carbocycles. The minimum atomic E-state index is -0.318. The standard InChI is InChI=1S/C9H8IN5O/c1-15-5-7(13-14-15)9(16)12-8-3-2-6(10)4-11-8/h2-5H,1H3,(H,11,12,16). The number of aryl methyl sites for hydroxylation is 1. The first kappa shape index (κ1) is 11.0. The summed E-state index contributed by atoms with van der Waals surface area (Å²) in [6.45, 7) is 0. The van der Waals surface area contributed by atoms with E-state index in [-0.39, 0.29) is 11.6 Å². The Balaban J connectivity index is 2.10. The Morgan fingerprint density at radius 3 is 2.88 bits per heavy atom. The molecule has 0 radical (unpaired) electrons. The lowest BCUT2D eigenvalue weighted by atomic mass is 10.4. The van der Waals surface area contributed by atoms with Gasteiger partial charge in [-0.05, 0) is 34.7 Å². The van der Waals surface area contributed by atoms with Crippen molar-refractivity contribution >= 4 is 34.3 Å². The molecular formula is C9H8IN5O. The number of aromatic nitrogens is 4. The third kappa shape index (κ3) is 2.54. The summed E-state index contributed by atoms with van der Waals surface area (Å²) in [5.41, 5.74) is 0.267. The third-order valence-corrected chi connectivity index (χ3v) is 2.44. The number of nitrogens with zero attached hydrogens (tertiary/aromatic N) is 4. The van der Waals surface area contributed by atoms with E-state index in [1.165, 1.54) is 4.68 Å². The van der Waals surface area contributed by atoms with Crippen molar-refractivity contribution in [2.24, 2.45) is 7.05 Å². The van der Waals surface area contributed by atoms with Gasteiger partial charge in [-0.3, -0.25) is 9.48 Å². The van der Waals surface area contributed by atoms with Crippen molar-refractivity contribution in [3.63, 3.8) is 0 Å². The van der Waals surface area contributed by atoms with Gasteiger partial charge in [0, 0.05) is 16.8 Å². The molecule has 1 N–H and O–H groups in total. The first-order valence-corrected chi connectivity index (χ1v) is 5.52. The van der Waals surface area contributed by atoms with Crippen molar-refractivity contribution in [2.75, 3.05) is 5.32 Å². The number of rotatable bonds is 2. The summed E-state index contributed by atoms with van der Waals surface area (Å²) in [5, 5.41) is 10.0. The third-order valence-electron chi connectivity index (χ3n) is 1.80. The molecular weight excluding hydrogens is 321 g/mol.